The van der Waals surface area contributed by atoms with Crippen LogP contribution in [0.5, 0.6) is 0 Å². The summed E-state index contributed by atoms with van der Waals surface area (Å²) in [5.74, 6) is 0. The maximum atomic E-state index is 3.95. The van der Waals surface area contributed by atoms with E-state index < -0.39 is 0 Å². The minimum Gasteiger partial charge on any atom is -0.269 e. The molecular formula is C8H13N. The molecule has 0 spiro atoms. The van der Waals surface area contributed by atoms with E-state index >= 15 is 0 Å². The fourth-order valence-corrected chi connectivity index (χ4v) is 0.297. The average molecular weight is 123 g/mol. The third kappa shape index (κ3) is 3.71. The molecule has 1 nitrogen and oxygen atoms in total. The van der Waals surface area contributed by atoms with Crippen molar-refractivity contribution < 1.29 is 0 Å². The van der Waals surface area contributed by atoms with Crippen LogP contribution in [0.4, 0.5) is 0 Å². The van der Waals surface area contributed by atoms with E-state index in [1.807, 2.05) is 27.0 Å². The van der Waals surface area contributed by atoms with E-state index in [0.29, 0.717) is 0 Å². The lowest BCUT2D eigenvalue weighted by molar-refractivity contribution is 1.32. The Labute approximate surface area is 56.8 Å². The molecule has 1 heteroatoms. The number of nitrogens with zero attached hydrogens (tertiary/aromatic N) is 1. The number of allylic oxidation sites excluding steroid dienone is 2. The zero-order valence-electron chi connectivity index (χ0n) is 6.31. The van der Waals surface area contributed by atoms with Gasteiger partial charge in [-0.1, -0.05) is 12.2 Å². The first-order valence-electron chi connectivity index (χ1n) is 2.99. The third-order valence-electron chi connectivity index (χ3n) is 1.09. The summed E-state index contributed by atoms with van der Waals surface area (Å²) in [5, 5.41) is 0. The number of hydrogen-bond acceptors (Lipinski definition) is 1. The van der Waals surface area contributed by atoms with Crippen LogP contribution in [0.15, 0.2) is 28.9 Å². The highest BCUT2D eigenvalue weighted by Gasteiger charge is 1.83. The van der Waals surface area contributed by atoms with Crippen LogP contribution in [0.25, 0.3) is 0 Å². The van der Waals surface area contributed by atoms with Crippen molar-refractivity contribution >= 4 is 6.21 Å². The molecule has 0 radical (unpaired) electrons. The first-order valence-corrected chi connectivity index (χ1v) is 2.99. The monoisotopic (exact) mass is 123 g/mol. The largest absolute Gasteiger partial charge is 0.269 e. The fraction of sp³-hybridized carbons (Fsp3) is 0.375. The van der Waals surface area contributed by atoms with Gasteiger partial charge in [0.15, 0.2) is 0 Å². The minimum atomic E-state index is 1.07. The van der Waals surface area contributed by atoms with Gasteiger partial charge in [0.2, 0.25) is 0 Å². The van der Waals surface area contributed by atoms with Gasteiger partial charge in [-0.15, -0.1) is 0 Å². The highest BCUT2D eigenvalue weighted by molar-refractivity contribution is 5.54. The van der Waals surface area contributed by atoms with Gasteiger partial charge in [0.05, 0.1) is 0 Å². The summed E-state index contributed by atoms with van der Waals surface area (Å²) >= 11 is 0. The Morgan fingerprint density at radius 1 is 1.44 bits per heavy atom. The Morgan fingerprint density at radius 3 is 2.33 bits per heavy atom. The minimum absolute atomic E-state index is 1.07. The van der Waals surface area contributed by atoms with Crippen molar-refractivity contribution in [3.8, 4) is 0 Å². The van der Waals surface area contributed by atoms with E-state index in [2.05, 4.69) is 11.6 Å². The van der Waals surface area contributed by atoms with Crippen LogP contribution in [0, 0.1) is 0 Å². The SMILES string of the molecule is C=C(C)/C(C)=C\N=CC. The highest BCUT2D eigenvalue weighted by atomic mass is 14.7. The fourth-order valence-electron chi connectivity index (χ4n) is 0.297. The molecule has 0 aliphatic heterocycles. The molecule has 50 valence electrons. The van der Waals surface area contributed by atoms with Gasteiger partial charge in [-0.25, -0.2) is 0 Å². The third-order valence-corrected chi connectivity index (χ3v) is 1.09. The summed E-state index contributed by atoms with van der Waals surface area (Å²) in [6.07, 6.45) is 3.56. The Bertz CT molecular complexity index is 152. The topological polar surface area (TPSA) is 12.4 Å². The average Bonchev–Trinajstić information content (AvgIpc) is 1.82. The lowest BCUT2D eigenvalue weighted by Gasteiger charge is -1.92. The van der Waals surface area contributed by atoms with Crippen molar-refractivity contribution in [3.63, 3.8) is 0 Å². The van der Waals surface area contributed by atoms with Gasteiger partial charge >= 0.3 is 0 Å². The second kappa shape index (κ2) is 4.07. The molecule has 0 aromatic rings. The molecule has 0 atom stereocenters. The molecule has 0 fully saturated rings. The maximum Gasteiger partial charge on any atom is 0.0295 e. The number of rotatable bonds is 2. The summed E-state index contributed by atoms with van der Waals surface area (Å²) in [7, 11) is 0. The molecule has 9 heavy (non-hydrogen) atoms. The summed E-state index contributed by atoms with van der Waals surface area (Å²) in [5.41, 5.74) is 2.20. The molecule has 0 aromatic carbocycles. The van der Waals surface area contributed by atoms with E-state index in [-0.39, 0.29) is 0 Å². The summed E-state index contributed by atoms with van der Waals surface area (Å²) < 4.78 is 0. The van der Waals surface area contributed by atoms with Crippen molar-refractivity contribution in [2.24, 2.45) is 4.99 Å². The van der Waals surface area contributed by atoms with E-state index in [0.717, 1.165) is 11.1 Å². The van der Waals surface area contributed by atoms with E-state index in [4.69, 9.17) is 0 Å². The van der Waals surface area contributed by atoms with Gasteiger partial charge in [0.25, 0.3) is 0 Å². The highest BCUT2D eigenvalue weighted by Crippen LogP contribution is 2.03. The summed E-state index contributed by atoms with van der Waals surface area (Å²) in [4.78, 5) is 3.95. The van der Waals surface area contributed by atoms with Crippen LogP contribution < -0.4 is 0 Å². The molecule has 0 amide bonds. The van der Waals surface area contributed by atoms with Crippen LogP contribution >= 0.6 is 0 Å². The van der Waals surface area contributed by atoms with Gasteiger partial charge in [-0.3, -0.25) is 4.99 Å². The molecule has 0 heterocycles. The smallest absolute Gasteiger partial charge is 0.0295 e. The second-order valence-corrected chi connectivity index (χ2v) is 2.00. The van der Waals surface area contributed by atoms with Gasteiger partial charge in [-0.05, 0) is 26.3 Å². The van der Waals surface area contributed by atoms with Crippen LogP contribution in [0.1, 0.15) is 20.8 Å². The first kappa shape index (κ1) is 8.15. The normalized spacial score (nSPS) is 12.6. The maximum absolute atomic E-state index is 3.95. The van der Waals surface area contributed by atoms with E-state index in [1.165, 1.54) is 0 Å². The second-order valence-electron chi connectivity index (χ2n) is 2.00. The van der Waals surface area contributed by atoms with Crippen LogP contribution in [-0.4, -0.2) is 6.21 Å². The molecular weight excluding hydrogens is 110 g/mol. The van der Waals surface area contributed by atoms with Gasteiger partial charge in [0, 0.05) is 12.4 Å². The quantitative estimate of drug-likeness (QED) is 0.395. The Hall–Kier alpha value is -0.850. The predicted molar refractivity (Wildman–Crippen MR) is 42.7 cm³/mol. The predicted octanol–water partition coefficient (Wildman–Crippen LogP) is 2.56. The van der Waals surface area contributed by atoms with Gasteiger partial charge in [-0.2, -0.15) is 0 Å². The van der Waals surface area contributed by atoms with Crippen molar-refractivity contribution in [1.82, 2.24) is 0 Å². The summed E-state index contributed by atoms with van der Waals surface area (Å²) in [6, 6.07) is 0. The molecule has 0 aromatic heterocycles. The lowest BCUT2D eigenvalue weighted by Crippen LogP contribution is -1.73. The van der Waals surface area contributed by atoms with Crippen LogP contribution in [0.2, 0.25) is 0 Å². The van der Waals surface area contributed by atoms with Crippen molar-refractivity contribution in [1.29, 1.82) is 0 Å². The Kier molecular flexibility index (Phi) is 3.69. The van der Waals surface area contributed by atoms with Crippen molar-refractivity contribution in [2.75, 3.05) is 0 Å². The number of aliphatic imine (C=N–C) groups is 1. The first-order chi connectivity index (χ1) is 4.18. The zero-order chi connectivity index (χ0) is 7.28. The van der Waals surface area contributed by atoms with Crippen molar-refractivity contribution in [2.45, 2.75) is 20.8 Å². The lowest BCUT2D eigenvalue weighted by atomic mass is 10.2. The molecule has 0 saturated heterocycles. The Morgan fingerprint density at radius 2 is 2.00 bits per heavy atom. The Balaban J connectivity index is 4.00. The van der Waals surface area contributed by atoms with E-state index in [9.17, 15) is 0 Å². The molecule has 0 bridgehead atoms. The molecule has 0 rings (SSSR count). The molecule has 0 aliphatic rings. The van der Waals surface area contributed by atoms with Crippen molar-refractivity contribution in [3.05, 3.63) is 23.9 Å². The molecule has 0 N–H and O–H groups in total. The molecule has 0 aliphatic carbocycles. The van der Waals surface area contributed by atoms with E-state index in [1.54, 1.807) is 6.21 Å². The van der Waals surface area contributed by atoms with Crippen LogP contribution in [-0.2, 0) is 0 Å². The number of hydrogen-bond donors (Lipinski definition) is 0. The summed E-state index contributed by atoms with van der Waals surface area (Å²) in [6.45, 7) is 9.62. The van der Waals surface area contributed by atoms with Crippen LogP contribution in [0.3, 0.4) is 0 Å². The molecule has 0 saturated carbocycles. The standard InChI is InChI=1S/C8H13N/c1-5-9-6-8(4)7(2)3/h5-6H,2H2,1,3-4H3/b8-6-,9-5?. The van der Waals surface area contributed by atoms with Gasteiger partial charge < -0.3 is 0 Å². The van der Waals surface area contributed by atoms with Gasteiger partial charge in [0.1, 0.15) is 0 Å². The zero-order valence-corrected chi connectivity index (χ0v) is 6.31. The molecule has 0 unspecified atom stereocenters.